The summed E-state index contributed by atoms with van der Waals surface area (Å²) in [5.41, 5.74) is 3.10. The first-order valence-electron chi connectivity index (χ1n) is 8.72. The van der Waals surface area contributed by atoms with E-state index in [1.807, 2.05) is 0 Å². The Morgan fingerprint density at radius 2 is 1.61 bits per heavy atom. The van der Waals surface area contributed by atoms with Crippen molar-refractivity contribution < 1.29 is 0 Å². The number of rotatable bonds is 7. The van der Waals surface area contributed by atoms with Crippen LogP contribution < -0.4 is 5.32 Å². The molecule has 122 valence electrons. The zero-order valence-corrected chi connectivity index (χ0v) is 14.3. The zero-order valence-electron chi connectivity index (χ0n) is 14.3. The first-order valence-corrected chi connectivity index (χ1v) is 8.72. The first-order chi connectivity index (χ1) is 11.2. The highest BCUT2D eigenvalue weighted by Gasteiger charge is 2.46. The predicted molar refractivity (Wildman–Crippen MR) is 97.2 cm³/mol. The van der Waals surface area contributed by atoms with Crippen molar-refractivity contribution in [2.24, 2.45) is 5.92 Å². The van der Waals surface area contributed by atoms with Crippen LogP contribution in [0.15, 0.2) is 60.7 Å². The third kappa shape index (κ3) is 3.82. The SMILES string of the molecule is C[C@H]1CN(Cc2ccccc2)[C@]1(C)CCNCc1ccccc1. The average molecular weight is 308 g/mol. The summed E-state index contributed by atoms with van der Waals surface area (Å²) in [5, 5.41) is 3.60. The fourth-order valence-corrected chi connectivity index (χ4v) is 3.56. The van der Waals surface area contributed by atoms with Crippen molar-refractivity contribution in [1.29, 1.82) is 0 Å². The van der Waals surface area contributed by atoms with E-state index in [2.05, 4.69) is 84.7 Å². The topological polar surface area (TPSA) is 15.3 Å². The van der Waals surface area contributed by atoms with E-state index < -0.39 is 0 Å². The molecule has 2 heteroatoms. The van der Waals surface area contributed by atoms with E-state index in [9.17, 15) is 0 Å². The fourth-order valence-electron chi connectivity index (χ4n) is 3.56. The second-order valence-corrected chi connectivity index (χ2v) is 7.04. The molecule has 1 heterocycles. The number of nitrogens with zero attached hydrogens (tertiary/aromatic N) is 1. The van der Waals surface area contributed by atoms with Gasteiger partial charge in [0.1, 0.15) is 0 Å². The van der Waals surface area contributed by atoms with Crippen LogP contribution in [-0.4, -0.2) is 23.5 Å². The summed E-state index contributed by atoms with van der Waals surface area (Å²) in [6.07, 6.45) is 1.20. The van der Waals surface area contributed by atoms with Crippen molar-refractivity contribution in [2.45, 2.75) is 38.9 Å². The van der Waals surface area contributed by atoms with Gasteiger partial charge in [-0.15, -0.1) is 0 Å². The standard InChI is InChI=1S/C21H28N2/c1-18-16-23(17-20-11-7-4-8-12-20)21(18,2)13-14-22-15-19-9-5-3-6-10-19/h3-12,18,22H,13-17H2,1-2H3/t18-,21+/m0/s1. The number of hydrogen-bond donors (Lipinski definition) is 1. The molecule has 3 rings (SSSR count). The Labute approximate surface area is 140 Å². The number of nitrogens with one attached hydrogen (secondary N) is 1. The minimum absolute atomic E-state index is 0.319. The second-order valence-electron chi connectivity index (χ2n) is 7.04. The van der Waals surface area contributed by atoms with Gasteiger partial charge in [0.2, 0.25) is 0 Å². The summed E-state index contributed by atoms with van der Waals surface area (Å²) in [6.45, 7) is 9.13. The van der Waals surface area contributed by atoms with Gasteiger partial charge in [0.15, 0.2) is 0 Å². The minimum atomic E-state index is 0.319. The maximum atomic E-state index is 3.60. The lowest BCUT2D eigenvalue weighted by Gasteiger charge is -2.56. The summed E-state index contributed by atoms with van der Waals surface area (Å²) in [4.78, 5) is 2.64. The Bertz CT molecular complexity index is 596. The summed E-state index contributed by atoms with van der Waals surface area (Å²) in [6, 6.07) is 21.5. The van der Waals surface area contributed by atoms with Crippen molar-refractivity contribution in [3.8, 4) is 0 Å². The molecule has 1 saturated heterocycles. The molecule has 1 fully saturated rings. The molecular formula is C21H28N2. The molecule has 0 amide bonds. The average Bonchev–Trinajstić information content (AvgIpc) is 2.60. The van der Waals surface area contributed by atoms with E-state index in [-0.39, 0.29) is 0 Å². The monoisotopic (exact) mass is 308 g/mol. The summed E-state index contributed by atoms with van der Waals surface area (Å²) < 4.78 is 0. The Morgan fingerprint density at radius 3 is 2.22 bits per heavy atom. The summed E-state index contributed by atoms with van der Waals surface area (Å²) in [5.74, 6) is 0.768. The van der Waals surface area contributed by atoms with E-state index in [0.29, 0.717) is 5.54 Å². The van der Waals surface area contributed by atoms with Crippen molar-refractivity contribution >= 4 is 0 Å². The smallest absolute Gasteiger partial charge is 0.0239 e. The molecular weight excluding hydrogens is 280 g/mol. The normalized spacial score (nSPS) is 24.3. The molecule has 23 heavy (non-hydrogen) atoms. The maximum Gasteiger partial charge on any atom is 0.0239 e. The van der Waals surface area contributed by atoms with Crippen LogP contribution in [0.3, 0.4) is 0 Å². The molecule has 2 aromatic carbocycles. The van der Waals surface area contributed by atoms with Crippen LogP contribution >= 0.6 is 0 Å². The highest BCUT2D eigenvalue weighted by atomic mass is 15.3. The molecule has 2 aromatic rings. The highest BCUT2D eigenvalue weighted by molar-refractivity contribution is 5.17. The summed E-state index contributed by atoms with van der Waals surface area (Å²) in [7, 11) is 0. The number of hydrogen-bond acceptors (Lipinski definition) is 2. The van der Waals surface area contributed by atoms with E-state index in [1.54, 1.807) is 0 Å². The van der Waals surface area contributed by atoms with Gasteiger partial charge in [-0.25, -0.2) is 0 Å². The fraction of sp³-hybridized carbons (Fsp3) is 0.429. The van der Waals surface area contributed by atoms with Gasteiger partial charge in [-0.2, -0.15) is 0 Å². The van der Waals surface area contributed by atoms with Crippen molar-refractivity contribution in [3.63, 3.8) is 0 Å². The molecule has 0 aromatic heterocycles. The van der Waals surface area contributed by atoms with Crippen LogP contribution in [0, 0.1) is 5.92 Å². The zero-order chi connectivity index (χ0) is 16.1. The van der Waals surface area contributed by atoms with Gasteiger partial charge >= 0.3 is 0 Å². The molecule has 0 aliphatic carbocycles. The van der Waals surface area contributed by atoms with Crippen molar-refractivity contribution in [3.05, 3.63) is 71.8 Å². The summed E-state index contributed by atoms with van der Waals surface area (Å²) >= 11 is 0. The van der Waals surface area contributed by atoms with Gasteiger partial charge in [-0.1, -0.05) is 67.6 Å². The third-order valence-electron chi connectivity index (χ3n) is 5.47. The predicted octanol–water partition coefficient (Wildman–Crippen LogP) is 4.08. The molecule has 2 nitrogen and oxygen atoms in total. The van der Waals surface area contributed by atoms with E-state index in [0.717, 1.165) is 25.6 Å². The Morgan fingerprint density at radius 1 is 1.00 bits per heavy atom. The van der Waals surface area contributed by atoms with Gasteiger partial charge in [-0.3, -0.25) is 4.90 Å². The van der Waals surface area contributed by atoms with E-state index in [1.165, 1.54) is 24.1 Å². The third-order valence-corrected chi connectivity index (χ3v) is 5.47. The van der Waals surface area contributed by atoms with Crippen LogP contribution in [0.25, 0.3) is 0 Å². The largest absolute Gasteiger partial charge is 0.313 e. The van der Waals surface area contributed by atoms with Crippen molar-refractivity contribution in [2.75, 3.05) is 13.1 Å². The van der Waals surface area contributed by atoms with Crippen LogP contribution in [0.1, 0.15) is 31.4 Å². The number of benzene rings is 2. The van der Waals surface area contributed by atoms with Crippen molar-refractivity contribution in [1.82, 2.24) is 10.2 Å². The quantitative estimate of drug-likeness (QED) is 0.775. The molecule has 1 aliphatic heterocycles. The lowest BCUT2D eigenvalue weighted by Crippen LogP contribution is -2.64. The molecule has 1 aliphatic rings. The Balaban J connectivity index is 1.49. The van der Waals surface area contributed by atoms with Crippen LogP contribution in [0.2, 0.25) is 0 Å². The van der Waals surface area contributed by atoms with E-state index >= 15 is 0 Å². The molecule has 2 atom stereocenters. The van der Waals surface area contributed by atoms with Crippen LogP contribution in [0.5, 0.6) is 0 Å². The molecule has 0 spiro atoms. The lowest BCUT2D eigenvalue weighted by atomic mass is 9.74. The van der Waals surface area contributed by atoms with Gasteiger partial charge in [0.05, 0.1) is 0 Å². The maximum absolute atomic E-state index is 3.60. The van der Waals surface area contributed by atoms with Crippen LogP contribution in [-0.2, 0) is 13.1 Å². The lowest BCUT2D eigenvalue weighted by molar-refractivity contribution is -0.0723. The minimum Gasteiger partial charge on any atom is -0.313 e. The van der Waals surface area contributed by atoms with Gasteiger partial charge < -0.3 is 5.32 Å². The number of likely N-dealkylation sites (tertiary alicyclic amines) is 1. The molecule has 0 bridgehead atoms. The van der Waals surface area contributed by atoms with Gasteiger partial charge in [-0.05, 0) is 36.9 Å². The van der Waals surface area contributed by atoms with Gasteiger partial charge in [0, 0.05) is 25.2 Å². The molecule has 0 radical (unpaired) electrons. The van der Waals surface area contributed by atoms with Crippen LogP contribution in [0.4, 0.5) is 0 Å². The molecule has 1 N–H and O–H groups in total. The highest BCUT2D eigenvalue weighted by Crippen LogP contribution is 2.39. The van der Waals surface area contributed by atoms with Gasteiger partial charge in [0.25, 0.3) is 0 Å². The Hall–Kier alpha value is -1.64. The Kier molecular flexibility index (Phi) is 5.14. The second kappa shape index (κ2) is 7.29. The molecule has 0 unspecified atom stereocenters. The first kappa shape index (κ1) is 16.2. The van der Waals surface area contributed by atoms with E-state index in [4.69, 9.17) is 0 Å². The molecule has 0 saturated carbocycles.